The van der Waals surface area contributed by atoms with Crippen molar-refractivity contribution in [3.8, 4) is 0 Å². The van der Waals surface area contributed by atoms with Crippen LogP contribution in [0, 0.1) is 0 Å². The van der Waals surface area contributed by atoms with Crippen molar-refractivity contribution in [2.24, 2.45) is 0 Å². The lowest BCUT2D eigenvalue weighted by molar-refractivity contribution is -0.167. The Hall–Kier alpha value is -3.30. The van der Waals surface area contributed by atoms with Crippen molar-refractivity contribution in [3.05, 3.63) is 0 Å². The summed E-state index contributed by atoms with van der Waals surface area (Å²) in [4.78, 5) is 66.3. The maximum atomic E-state index is 11.6. The SMILES string of the molecule is O=C(O)C[C@](O)(CC(=O)NCCOCCNC(=O)C[C@@](O)(CC(=O)O)C(=O)O)C(=O)O. The molecule has 0 bridgehead atoms. The van der Waals surface area contributed by atoms with Gasteiger partial charge in [0.2, 0.25) is 11.8 Å². The molecule has 0 unspecified atom stereocenters. The van der Waals surface area contributed by atoms with Crippen molar-refractivity contribution in [1.29, 1.82) is 0 Å². The van der Waals surface area contributed by atoms with Crippen LogP contribution in [0.15, 0.2) is 0 Å². The molecule has 0 saturated carbocycles. The highest BCUT2D eigenvalue weighted by molar-refractivity contribution is 5.90. The molecule has 0 saturated heterocycles. The number of hydrogen-bond acceptors (Lipinski definition) is 9. The standard InChI is InChI=1S/C16H24N2O13/c19-9(5-15(29,13(25)26)7-11(21)22)17-1-3-31-4-2-18-10(20)6-16(30,14(27)28)8-12(23)24/h29-30H,1-8H2,(H,17,19)(H,18,20)(H,21,22)(H,23,24)(H,25,26)(H,27,28)/t15-,16-/m1/s1. The summed E-state index contributed by atoms with van der Waals surface area (Å²) in [5.74, 6) is -8.81. The van der Waals surface area contributed by atoms with Crippen LogP contribution in [0.25, 0.3) is 0 Å². The predicted octanol–water partition coefficient (Wildman–Crippen LogP) is -3.40. The smallest absolute Gasteiger partial charge is 0.336 e. The van der Waals surface area contributed by atoms with E-state index in [9.17, 15) is 39.0 Å². The summed E-state index contributed by atoms with van der Waals surface area (Å²) in [6.07, 6.45) is -4.33. The molecule has 8 N–H and O–H groups in total. The molecule has 0 rings (SSSR count). The number of nitrogens with one attached hydrogen (secondary N) is 2. The van der Waals surface area contributed by atoms with E-state index in [1.807, 2.05) is 0 Å². The van der Waals surface area contributed by atoms with Crippen LogP contribution in [0.4, 0.5) is 0 Å². The highest BCUT2D eigenvalue weighted by Crippen LogP contribution is 2.16. The first-order valence-corrected chi connectivity index (χ1v) is 8.68. The van der Waals surface area contributed by atoms with Gasteiger partial charge in [-0.05, 0) is 0 Å². The highest BCUT2D eigenvalue weighted by atomic mass is 16.5. The molecule has 0 aromatic rings. The van der Waals surface area contributed by atoms with Crippen LogP contribution < -0.4 is 10.6 Å². The van der Waals surface area contributed by atoms with Crippen LogP contribution in [0.5, 0.6) is 0 Å². The summed E-state index contributed by atoms with van der Waals surface area (Å²) < 4.78 is 5.04. The van der Waals surface area contributed by atoms with Crippen LogP contribution in [0.2, 0.25) is 0 Å². The number of ether oxygens (including phenoxy) is 1. The summed E-state index contributed by atoms with van der Waals surface area (Å²) in [5.41, 5.74) is -5.53. The minimum absolute atomic E-state index is 0.107. The largest absolute Gasteiger partial charge is 0.481 e. The van der Waals surface area contributed by atoms with Crippen LogP contribution in [0.3, 0.4) is 0 Å². The Kier molecular flexibility index (Phi) is 11.1. The van der Waals surface area contributed by atoms with Gasteiger partial charge in [-0.3, -0.25) is 19.2 Å². The number of carbonyl (C=O) groups excluding carboxylic acids is 2. The lowest BCUT2D eigenvalue weighted by atomic mass is 9.95. The fraction of sp³-hybridized carbons (Fsp3) is 0.625. The normalized spacial score (nSPS) is 14.5. The fourth-order valence-corrected chi connectivity index (χ4v) is 2.21. The van der Waals surface area contributed by atoms with E-state index in [-0.39, 0.29) is 26.3 Å². The maximum absolute atomic E-state index is 11.6. The van der Waals surface area contributed by atoms with Crippen molar-refractivity contribution in [2.45, 2.75) is 36.9 Å². The first kappa shape index (κ1) is 27.7. The lowest BCUT2D eigenvalue weighted by Gasteiger charge is -2.21. The topological polar surface area (TPSA) is 257 Å². The molecular formula is C16H24N2O13. The summed E-state index contributed by atoms with van der Waals surface area (Å²) in [7, 11) is 0. The molecule has 2 amide bonds. The van der Waals surface area contributed by atoms with Crippen LogP contribution in [-0.4, -0.2) is 104 Å². The van der Waals surface area contributed by atoms with Gasteiger partial charge in [0.15, 0.2) is 11.2 Å². The molecule has 176 valence electrons. The second-order valence-electron chi connectivity index (χ2n) is 6.48. The van der Waals surface area contributed by atoms with Crippen LogP contribution in [-0.2, 0) is 33.5 Å². The number of rotatable bonds is 16. The number of aliphatic carboxylic acids is 4. The summed E-state index contributed by atoms with van der Waals surface area (Å²) in [6.45, 7) is -0.478. The van der Waals surface area contributed by atoms with Gasteiger partial charge in [-0.2, -0.15) is 0 Å². The molecule has 0 fully saturated rings. The summed E-state index contributed by atoms with van der Waals surface area (Å²) in [6, 6.07) is 0. The predicted molar refractivity (Wildman–Crippen MR) is 95.7 cm³/mol. The molecule has 0 radical (unpaired) electrons. The zero-order valence-electron chi connectivity index (χ0n) is 16.2. The third kappa shape index (κ3) is 10.9. The van der Waals surface area contributed by atoms with Gasteiger partial charge >= 0.3 is 23.9 Å². The Bertz CT molecular complexity index is 652. The van der Waals surface area contributed by atoms with Crippen molar-refractivity contribution in [1.82, 2.24) is 10.6 Å². The number of aliphatic hydroxyl groups is 2. The van der Waals surface area contributed by atoms with Gasteiger partial charge in [0.25, 0.3) is 0 Å². The zero-order valence-corrected chi connectivity index (χ0v) is 16.2. The molecule has 15 nitrogen and oxygen atoms in total. The van der Waals surface area contributed by atoms with Gasteiger partial charge in [0.1, 0.15) is 0 Å². The number of carbonyl (C=O) groups is 6. The molecule has 0 aliphatic carbocycles. The average molecular weight is 452 g/mol. The highest BCUT2D eigenvalue weighted by Gasteiger charge is 2.41. The van der Waals surface area contributed by atoms with E-state index in [2.05, 4.69) is 10.6 Å². The Labute approximate surface area is 174 Å². The molecule has 0 spiro atoms. The third-order valence-corrected chi connectivity index (χ3v) is 3.73. The van der Waals surface area contributed by atoms with E-state index in [1.165, 1.54) is 0 Å². The zero-order chi connectivity index (χ0) is 24.2. The summed E-state index contributed by atoms with van der Waals surface area (Å²) in [5, 5.41) is 58.8. The van der Waals surface area contributed by atoms with Crippen molar-refractivity contribution in [3.63, 3.8) is 0 Å². The minimum atomic E-state index is -2.76. The first-order chi connectivity index (χ1) is 14.2. The van der Waals surface area contributed by atoms with E-state index >= 15 is 0 Å². The van der Waals surface area contributed by atoms with Crippen molar-refractivity contribution in [2.75, 3.05) is 26.3 Å². The lowest BCUT2D eigenvalue weighted by Crippen LogP contribution is -2.45. The van der Waals surface area contributed by atoms with Crippen LogP contribution >= 0.6 is 0 Å². The molecule has 0 aliphatic heterocycles. The number of hydrogen-bond donors (Lipinski definition) is 8. The van der Waals surface area contributed by atoms with E-state index in [4.69, 9.17) is 25.2 Å². The number of carboxylic acids is 4. The van der Waals surface area contributed by atoms with E-state index in [0.717, 1.165) is 0 Å². The fourth-order valence-electron chi connectivity index (χ4n) is 2.21. The van der Waals surface area contributed by atoms with Crippen molar-refractivity contribution < 1.29 is 64.1 Å². The van der Waals surface area contributed by atoms with Gasteiger partial charge < -0.3 is 46.0 Å². The second kappa shape index (κ2) is 12.4. The number of carboxylic acid groups (broad SMARTS) is 4. The third-order valence-electron chi connectivity index (χ3n) is 3.73. The molecule has 2 atom stereocenters. The van der Waals surface area contributed by atoms with Gasteiger partial charge in [0.05, 0.1) is 38.9 Å². The summed E-state index contributed by atoms with van der Waals surface area (Å²) >= 11 is 0. The molecule has 0 aliphatic rings. The Morgan fingerprint density at radius 3 is 1.19 bits per heavy atom. The Morgan fingerprint density at radius 1 is 0.613 bits per heavy atom. The van der Waals surface area contributed by atoms with E-state index in [0.29, 0.717) is 0 Å². The quantitative estimate of drug-likeness (QED) is 0.106. The van der Waals surface area contributed by atoms with Gasteiger partial charge in [-0.1, -0.05) is 0 Å². The number of amides is 2. The Morgan fingerprint density at radius 2 is 0.935 bits per heavy atom. The average Bonchev–Trinajstić information content (AvgIpc) is 2.58. The van der Waals surface area contributed by atoms with Gasteiger partial charge in [-0.15, -0.1) is 0 Å². The molecule has 31 heavy (non-hydrogen) atoms. The molecule has 15 heteroatoms. The van der Waals surface area contributed by atoms with Crippen LogP contribution in [0.1, 0.15) is 25.7 Å². The first-order valence-electron chi connectivity index (χ1n) is 8.68. The molecular weight excluding hydrogens is 428 g/mol. The minimum Gasteiger partial charge on any atom is -0.481 e. The molecule has 0 aromatic carbocycles. The Balaban J connectivity index is 4.18. The monoisotopic (exact) mass is 452 g/mol. The van der Waals surface area contributed by atoms with Crippen molar-refractivity contribution >= 4 is 35.7 Å². The van der Waals surface area contributed by atoms with E-state index < -0.39 is 72.6 Å². The molecule has 0 heterocycles. The van der Waals surface area contributed by atoms with Gasteiger partial charge in [-0.25, -0.2) is 9.59 Å². The maximum Gasteiger partial charge on any atom is 0.336 e. The van der Waals surface area contributed by atoms with Gasteiger partial charge in [0, 0.05) is 13.1 Å². The molecule has 0 aromatic heterocycles. The van der Waals surface area contributed by atoms with E-state index in [1.54, 1.807) is 0 Å². The second-order valence-corrected chi connectivity index (χ2v) is 6.48.